The van der Waals surface area contributed by atoms with E-state index in [1.54, 1.807) is 7.05 Å². The molecule has 0 amide bonds. The number of ketones is 1. The third-order valence-electron chi connectivity index (χ3n) is 1.28. The second kappa shape index (κ2) is 4.94. The zero-order valence-electron chi connectivity index (χ0n) is 5.78. The highest BCUT2D eigenvalue weighted by Gasteiger charge is 2.10. The molecular weight excluding hydrogens is 182 g/mol. The number of alkyl halides is 1. The van der Waals surface area contributed by atoms with Crippen LogP contribution in [0.25, 0.3) is 0 Å². The molecule has 0 fully saturated rings. The van der Waals surface area contributed by atoms with Crippen LogP contribution in [0.2, 0.25) is 0 Å². The maximum Gasteiger partial charge on any atom is 0.160 e. The van der Waals surface area contributed by atoms with Crippen molar-refractivity contribution in [1.82, 2.24) is 5.32 Å². The predicted octanol–water partition coefficient (Wildman–Crippen LogP) is 0.948. The van der Waals surface area contributed by atoms with Gasteiger partial charge >= 0.3 is 0 Å². The monoisotopic (exact) mass is 193 g/mol. The summed E-state index contributed by atoms with van der Waals surface area (Å²) in [5, 5.41) is 3.37. The molecule has 0 aliphatic carbocycles. The van der Waals surface area contributed by atoms with E-state index in [9.17, 15) is 4.79 Å². The minimum Gasteiger partial charge on any atom is -0.311 e. The Morgan fingerprint density at radius 1 is 1.78 bits per heavy atom. The molecule has 3 heteroatoms. The number of Topliss-reactive ketones (excluding diaryl/α,β-unsaturated/α-hetero) is 1. The molecule has 0 saturated carbocycles. The Kier molecular flexibility index (Phi) is 5.00. The first-order valence-corrected chi connectivity index (χ1v) is 4.14. The summed E-state index contributed by atoms with van der Waals surface area (Å²) in [6.45, 7) is 1.99. The van der Waals surface area contributed by atoms with E-state index in [1.807, 2.05) is 6.92 Å². The van der Waals surface area contributed by atoms with Crippen LogP contribution >= 0.6 is 15.9 Å². The number of hydrogen-bond acceptors (Lipinski definition) is 2. The Morgan fingerprint density at radius 3 is 2.44 bits per heavy atom. The average molecular weight is 194 g/mol. The van der Waals surface area contributed by atoms with Gasteiger partial charge in [-0.05, 0) is 13.5 Å². The molecule has 54 valence electrons. The quantitative estimate of drug-likeness (QED) is 0.675. The summed E-state index contributed by atoms with van der Waals surface area (Å²) in [6, 6.07) is 0.0318. The van der Waals surface area contributed by atoms with Crippen molar-refractivity contribution in [3.8, 4) is 0 Å². The van der Waals surface area contributed by atoms with E-state index < -0.39 is 0 Å². The molecule has 0 rings (SSSR count). The van der Waals surface area contributed by atoms with Crippen LogP contribution in [-0.4, -0.2) is 24.2 Å². The summed E-state index contributed by atoms with van der Waals surface area (Å²) in [4.78, 5) is 10.9. The molecule has 0 aromatic heterocycles. The molecule has 1 atom stereocenters. The molecule has 0 radical (unpaired) electrons. The number of hydrogen-bond donors (Lipinski definition) is 1. The Balaban J connectivity index is 3.64. The first-order valence-electron chi connectivity index (χ1n) is 3.02. The fraction of sp³-hybridized carbons (Fsp3) is 0.833. The van der Waals surface area contributed by atoms with Crippen molar-refractivity contribution < 1.29 is 4.79 Å². The fourth-order valence-electron chi connectivity index (χ4n) is 0.686. The number of likely N-dealkylation sites (N-methyl/N-ethyl adjacent to an activating group) is 1. The van der Waals surface area contributed by atoms with Gasteiger partial charge in [0, 0.05) is 0 Å². The van der Waals surface area contributed by atoms with E-state index in [2.05, 4.69) is 21.2 Å². The highest BCUT2D eigenvalue weighted by molar-refractivity contribution is 9.09. The number of halogens is 1. The Hall–Kier alpha value is 0.110. The van der Waals surface area contributed by atoms with E-state index in [0.717, 1.165) is 6.42 Å². The second-order valence-corrected chi connectivity index (χ2v) is 2.41. The van der Waals surface area contributed by atoms with Crippen LogP contribution in [0.1, 0.15) is 13.3 Å². The molecule has 9 heavy (non-hydrogen) atoms. The number of rotatable bonds is 4. The molecule has 0 aliphatic rings. The topological polar surface area (TPSA) is 29.1 Å². The fourth-order valence-corrected chi connectivity index (χ4v) is 1.08. The lowest BCUT2D eigenvalue weighted by atomic mass is 10.1. The molecule has 0 aromatic rings. The van der Waals surface area contributed by atoms with Crippen LogP contribution in [0.15, 0.2) is 0 Å². The normalized spacial score (nSPS) is 13.2. The molecule has 0 aliphatic heterocycles. The van der Waals surface area contributed by atoms with Gasteiger partial charge in [0.2, 0.25) is 0 Å². The van der Waals surface area contributed by atoms with Crippen molar-refractivity contribution in [2.45, 2.75) is 19.4 Å². The lowest BCUT2D eigenvalue weighted by Gasteiger charge is -2.08. The zero-order valence-corrected chi connectivity index (χ0v) is 7.36. The maximum absolute atomic E-state index is 10.9. The van der Waals surface area contributed by atoms with Gasteiger partial charge in [0.15, 0.2) is 5.78 Å². The van der Waals surface area contributed by atoms with Crippen molar-refractivity contribution >= 4 is 21.7 Å². The smallest absolute Gasteiger partial charge is 0.160 e. The van der Waals surface area contributed by atoms with Gasteiger partial charge in [-0.1, -0.05) is 22.9 Å². The maximum atomic E-state index is 10.9. The molecule has 0 heterocycles. The summed E-state index contributed by atoms with van der Waals surface area (Å²) in [6.07, 6.45) is 0.862. The van der Waals surface area contributed by atoms with E-state index in [1.165, 1.54) is 0 Å². The van der Waals surface area contributed by atoms with Crippen LogP contribution in [-0.2, 0) is 4.79 Å². The minimum atomic E-state index is 0.0318. The van der Waals surface area contributed by atoms with Gasteiger partial charge in [0.25, 0.3) is 0 Å². The SMILES string of the molecule is CC[C@H](NC)C(=O)CBr. The summed E-state index contributed by atoms with van der Waals surface area (Å²) in [5.41, 5.74) is 0. The van der Waals surface area contributed by atoms with Gasteiger partial charge in [0.05, 0.1) is 11.4 Å². The van der Waals surface area contributed by atoms with Gasteiger partial charge in [-0.25, -0.2) is 0 Å². The van der Waals surface area contributed by atoms with Crippen molar-refractivity contribution in [2.75, 3.05) is 12.4 Å². The van der Waals surface area contributed by atoms with Crippen LogP contribution in [0.4, 0.5) is 0 Å². The second-order valence-electron chi connectivity index (χ2n) is 1.85. The van der Waals surface area contributed by atoms with Crippen molar-refractivity contribution in [3.63, 3.8) is 0 Å². The van der Waals surface area contributed by atoms with Crippen LogP contribution in [0.5, 0.6) is 0 Å². The van der Waals surface area contributed by atoms with Crippen molar-refractivity contribution in [2.24, 2.45) is 0 Å². The first-order chi connectivity index (χ1) is 4.26. The van der Waals surface area contributed by atoms with Gasteiger partial charge in [0.1, 0.15) is 0 Å². The largest absolute Gasteiger partial charge is 0.311 e. The third kappa shape index (κ3) is 2.96. The molecule has 1 N–H and O–H groups in total. The molecule has 0 aromatic carbocycles. The van der Waals surface area contributed by atoms with E-state index in [4.69, 9.17) is 0 Å². The zero-order chi connectivity index (χ0) is 7.28. The molecule has 0 spiro atoms. The summed E-state index contributed by atoms with van der Waals surface area (Å²) >= 11 is 3.11. The minimum absolute atomic E-state index is 0.0318. The average Bonchev–Trinajstić information content (AvgIpc) is 1.90. The van der Waals surface area contributed by atoms with E-state index in [-0.39, 0.29) is 11.8 Å². The predicted molar refractivity (Wildman–Crippen MR) is 41.9 cm³/mol. The molecule has 2 nitrogen and oxygen atoms in total. The standard InChI is InChI=1S/C6H12BrNO/c1-3-5(8-2)6(9)4-7/h5,8H,3-4H2,1-2H3/t5-/m0/s1. The van der Waals surface area contributed by atoms with Crippen molar-refractivity contribution in [3.05, 3.63) is 0 Å². The van der Waals surface area contributed by atoms with E-state index >= 15 is 0 Å². The van der Waals surface area contributed by atoms with Crippen LogP contribution < -0.4 is 5.32 Å². The number of nitrogens with one attached hydrogen (secondary N) is 1. The number of carbonyl (C=O) groups is 1. The third-order valence-corrected chi connectivity index (χ3v) is 1.83. The summed E-state index contributed by atoms with van der Waals surface area (Å²) in [7, 11) is 1.80. The Labute approximate surface area is 64.1 Å². The summed E-state index contributed by atoms with van der Waals surface area (Å²) in [5.74, 6) is 0.222. The van der Waals surface area contributed by atoms with Gasteiger partial charge < -0.3 is 5.32 Å². The van der Waals surface area contributed by atoms with Gasteiger partial charge in [-0.3, -0.25) is 4.79 Å². The van der Waals surface area contributed by atoms with Crippen LogP contribution in [0, 0.1) is 0 Å². The molecule has 0 unspecified atom stereocenters. The van der Waals surface area contributed by atoms with Crippen LogP contribution in [0.3, 0.4) is 0 Å². The highest BCUT2D eigenvalue weighted by atomic mass is 79.9. The lowest BCUT2D eigenvalue weighted by Crippen LogP contribution is -2.33. The van der Waals surface area contributed by atoms with E-state index in [0.29, 0.717) is 5.33 Å². The molecule has 0 bridgehead atoms. The first kappa shape index (κ1) is 9.11. The lowest BCUT2D eigenvalue weighted by molar-refractivity contribution is -0.118. The summed E-state index contributed by atoms with van der Waals surface area (Å²) < 4.78 is 0. The van der Waals surface area contributed by atoms with Gasteiger partial charge in [-0.15, -0.1) is 0 Å². The number of carbonyl (C=O) groups excluding carboxylic acids is 1. The molecular formula is C6H12BrNO. The van der Waals surface area contributed by atoms with Gasteiger partial charge in [-0.2, -0.15) is 0 Å². The molecule has 0 saturated heterocycles. The van der Waals surface area contributed by atoms with Crippen molar-refractivity contribution in [1.29, 1.82) is 0 Å². The Bertz CT molecular complexity index is 91.1. The highest BCUT2D eigenvalue weighted by Crippen LogP contribution is 1.94. The Morgan fingerprint density at radius 2 is 2.33 bits per heavy atom.